The molecule has 0 aliphatic heterocycles. The summed E-state index contributed by atoms with van der Waals surface area (Å²) in [5, 5.41) is 9.24. The van der Waals surface area contributed by atoms with Gasteiger partial charge in [0.1, 0.15) is 5.82 Å². The number of aromatic amines is 1. The summed E-state index contributed by atoms with van der Waals surface area (Å²) in [7, 11) is 0. The summed E-state index contributed by atoms with van der Waals surface area (Å²) in [5.41, 5.74) is 2.36. The van der Waals surface area contributed by atoms with Gasteiger partial charge in [0.05, 0.1) is 11.0 Å². The molecule has 0 unspecified atom stereocenters. The second kappa shape index (κ2) is 3.59. The molecule has 0 radical (unpaired) electrons. The number of rotatable bonds is 4. The Kier molecular flexibility index (Phi) is 2.21. The molecule has 1 saturated carbocycles. The second-order valence-corrected chi connectivity index (χ2v) is 4.86. The molecular formula is C13H16N2O. The van der Waals surface area contributed by atoms with E-state index in [9.17, 15) is 5.11 Å². The predicted octanol–water partition coefficient (Wildman–Crippen LogP) is 2.27. The highest BCUT2D eigenvalue weighted by molar-refractivity contribution is 5.74. The van der Waals surface area contributed by atoms with Crippen LogP contribution in [0.5, 0.6) is 0 Å². The zero-order chi connectivity index (χ0) is 11.0. The summed E-state index contributed by atoms with van der Waals surface area (Å²) in [5.74, 6) is 1.04. The van der Waals surface area contributed by atoms with E-state index < -0.39 is 0 Å². The summed E-state index contributed by atoms with van der Waals surface area (Å²) in [6.45, 7) is 0.327. The van der Waals surface area contributed by atoms with Gasteiger partial charge in [0.25, 0.3) is 0 Å². The number of nitrogens with zero attached hydrogens (tertiary/aromatic N) is 1. The van der Waals surface area contributed by atoms with Crippen molar-refractivity contribution < 1.29 is 5.11 Å². The standard InChI is InChI=1S/C13H16N2O/c16-9-13(7-8-13)6-5-12-14-10-3-1-2-4-11(10)15-12/h1-4,16H,5-9H2,(H,14,15). The SMILES string of the molecule is OCC1(CCc2nc3ccccc3[nH]2)CC1. The van der Waals surface area contributed by atoms with E-state index in [4.69, 9.17) is 0 Å². The summed E-state index contributed by atoms with van der Waals surface area (Å²) >= 11 is 0. The normalized spacial score (nSPS) is 17.8. The van der Waals surface area contributed by atoms with Gasteiger partial charge < -0.3 is 10.1 Å². The minimum Gasteiger partial charge on any atom is -0.396 e. The topological polar surface area (TPSA) is 48.9 Å². The number of hydrogen-bond donors (Lipinski definition) is 2. The Labute approximate surface area is 94.5 Å². The van der Waals surface area contributed by atoms with Crippen LogP contribution in [0.25, 0.3) is 11.0 Å². The molecule has 0 amide bonds. The highest BCUT2D eigenvalue weighted by atomic mass is 16.3. The highest BCUT2D eigenvalue weighted by Crippen LogP contribution is 2.48. The molecule has 3 nitrogen and oxygen atoms in total. The number of nitrogens with one attached hydrogen (secondary N) is 1. The minimum atomic E-state index is 0.221. The zero-order valence-corrected chi connectivity index (χ0v) is 9.24. The van der Waals surface area contributed by atoms with Gasteiger partial charge >= 0.3 is 0 Å². The summed E-state index contributed by atoms with van der Waals surface area (Å²) in [4.78, 5) is 7.87. The van der Waals surface area contributed by atoms with Crippen LogP contribution in [-0.4, -0.2) is 21.7 Å². The van der Waals surface area contributed by atoms with Crippen molar-refractivity contribution in [3.63, 3.8) is 0 Å². The Morgan fingerprint density at radius 3 is 2.81 bits per heavy atom. The van der Waals surface area contributed by atoms with Gasteiger partial charge in [-0.3, -0.25) is 0 Å². The van der Waals surface area contributed by atoms with Crippen molar-refractivity contribution in [1.29, 1.82) is 0 Å². The molecule has 84 valence electrons. The largest absolute Gasteiger partial charge is 0.396 e. The molecule has 1 aromatic carbocycles. The number of aromatic nitrogens is 2. The van der Waals surface area contributed by atoms with Gasteiger partial charge in [-0.15, -0.1) is 0 Å². The number of hydrogen-bond acceptors (Lipinski definition) is 2. The lowest BCUT2D eigenvalue weighted by molar-refractivity contribution is 0.203. The van der Waals surface area contributed by atoms with E-state index in [0.717, 1.165) is 29.7 Å². The van der Waals surface area contributed by atoms with Gasteiger partial charge in [0, 0.05) is 13.0 Å². The Hall–Kier alpha value is -1.35. The van der Waals surface area contributed by atoms with Crippen LogP contribution in [0, 0.1) is 5.41 Å². The van der Waals surface area contributed by atoms with Crippen LogP contribution < -0.4 is 0 Å². The Morgan fingerprint density at radius 2 is 2.12 bits per heavy atom. The molecule has 0 bridgehead atoms. The number of aryl methyl sites for hydroxylation is 1. The number of fused-ring (bicyclic) bond motifs is 1. The van der Waals surface area contributed by atoms with Crippen LogP contribution in [0.15, 0.2) is 24.3 Å². The summed E-state index contributed by atoms with van der Waals surface area (Å²) in [6, 6.07) is 8.09. The molecule has 1 aliphatic carbocycles. The maximum absolute atomic E-state index is 9.24. The van der Waals surface area contributed by atoms with Crippen LogP contribution in [0.3, 0.4) is 0 Å². The third-order valence-corrected chi connectivity index (χ3v) is 3.62. The lowest BCUT2D eigenvalue weighted by atomic mass is 10.0. The van der Waals surface area contributed by atoms with Crippen LogP contribution in [-0.2, 0) is 6.42 Å². The molecule has 1 aliphatic rings. The Balaban J connectivity index is 1.74. The van der Waals surface area contributed by atoms with E-state index in [2.05, 4.69) is 9.97 Å². The maximum Gasteiger partial charge on any atom is 0.107 e. The Bertz CT molecular complexity index is 466. The first kappa shape index (κ1) is 9.85. The molecule has 1 fully saturated rings. The monoisotopic (exact) mass is 216 g/mol. The lowest BCUT2D eigenvalue weighted by Gasteiger charge is -2.08. The fourth-order valence-electron chi connectivity index (χ4n) is 2.17. The molecule has 16 heavy (non-hydrogen) atoms. The number of benzene rings is 1. The van der Waals surface area contributed by atoms with Crippen molar-refractivity contribution in [3.8, 4) is 0 Å². The molecule has 3 heteroatoms. The summed E-state index contributed by atoms with van der Waals surface area (Å²) < 4.78 is 0. The second-order valence-electron chi connectivity index (χ2n) is 4.86. The van der Waals surface area contributed by atoms with Crippen LogP contribution >= 0.6 is 0 Å². The van der Waals surface area contributed by atoms with Crippen LogP contribution in [0.4, 0.5) is 0 Å². The molecule has 0 spiro atoms. The molecular weight excluding hydrogens is 200 g/mol. The van der Waals surface area contributed by atoms with E-state index in [1.807, 2.05) is 24.3 Å². The number of aliphatic hydroxyl groups excluding tert-OH is 1. The molecule has 1 heterocycles. The van der Waals surface area contributed by atoms with E-state index >= 15 is 0 Å². The predicted molar refractivity (Wildman–Crippen MR) is 63.2 cm³/mol. The minimum absolute atomic E-state index is 0.221. The average Bonchev–Trinajstić information content (AvgIpc) is 2.98. The number of H-pyrrole nitrogens is 1. The van der Waals surface area contributed by atoms with Gasteiger partial charge in [-0.1, -0.05) is 12.1 Å². The maximum atomic E-state index is 9.24. The fourth-order valence-corrected chi connectivity index (χ4v) is 2.17. The third kappa shape index (κ3) is 1.71. The van der Waals surface area contributed by atoms with Gasteiger partial charge in [-0.2, -0.15) is 0 Å². The third-order valence-electron chi connectivity index (χ3n) is 3.62. The molecule has 1 aromatic heterocycles. The first-order valence-electron chi connectivity index (χ1n) is 5.86. The molecule has 2 aromatic rings. The van der Waals surface area contributed by atoms with Crippen molar-refractivity contribution in [2.45, 2.75) is 25.7 Å². The van der Waals surface area contributed by atoms with Crippen LogP contribution in [0.1, 0.15) is 25.1 Å². The van der Waals surface area contributed by atoms with Crippen molar-refractivity contribution in [2.24, 2.45) is 5.41 Å². The van der Waals surface area contributed by atoms with E-state index in [1.165, 1.54) is 12.8 Å². The van der Waals surface area contributed by atoms with E-state index in [1.54, 1.807) is 0 Å². The van der Waals surface area contributed by atoms with Crippen molar-refractivity contribution in [3.05, 3.63) is 30.1 Å². The van der Waals surface area contributed by atoms with E-state index in [0.29, 0.717) is 6.61 Å². The average molecular weight is 216 g/mol. The van der Waals surface area contributed by atoms with Crippen molar-refractivity contribution in [1.82, 2.24) is 9.97 Å². The number of para-hydroxylation sites is 2. The highest BCUT2D eigenvalue weighted by Gasteiger charge is 2.41. The fraction of sp³-hybridized carbons (Fsp3) is 0.462. The molecule has 0 saturated heterocycles. The summed E-state index contributed by atoms with van der Waals surface area (Å²) in [6.07, 6.45) is 4.33. The lowest BCUT2D eigenvalue weighted by Crippen LogP contribution is -2.08. The van der Waals surface area contributed by atoms with Gasteiger partial charge in [-0.05, 0) is 36.8 Å². The van der Waals surface area contributed by atoms with Crippen molar-refractivity contribution in [2.75, 3.05) is 6.61 Å². The van der Waals surface area contributed by atoms with Crippen molar-refractivity contribution >= 4 is 11.0 Å². The quantitative estimate of drug-likeness (QED) is 0.823. The van der Waals surface area contributed by atoms with Gasteiger partial charge in [0.2, 0.25) is 0 Å². The Morgan fingerprint density at radius 1 is 1.31 bits per heavy atom. The van der Waals surface area contributed by atoms with E-state index in [-0.39, 0.29) is 5.41 Å². The van der Waals surface area contributed by atoms with Crippen LogP contribution in [0.2, 0.25) is 0 Å². The number of imidazole rings is 1. The zero-order valence-electron chi connectivity index (χ0n) is 9.24. The van der Waals surface area contributed by atoms with Gasteiger partial charge in [0.15, 0.2) is 0 Å². The van der Waals surface area contributed by atoms with Gasteiger partial charge in [-0.25, -0.2) is 4.98 Å². The number of aliphatic hydroxyl groups is 1. The molecule has 2 N–H and O–H groups in total. The first-order chi connectivity index (χ1) is 7.81. The molecule has 3 rings (SSSR count). The smallest absolute Gasteiger partial charge is 0.107 e. The first-order valence-corrected chi connectivity index (χ1v) is 5.86. The molecule has 0 atom stereocenters.